The van der Waals surface area contributed by atoms with E-state index in [4.69, 9.17) is 5.11 Å². The standard InChI is InChI=1S/C12H15NO3/c1-12(5-2-6-12)13-11(16)8-3-4-9(14)10(15)7-8/h3-4,7,14-15H,2,5-6H2,1H3,(H,13,16). The Bertz CT molecular complexity index is 424. The first-order valence-corrected chi connectivity index (χ1v) is 5.35. The summed E-state index contributed by atoms with van der Waals surface area (Å²) in [5.41, 5.74) is 0.258. The summed E-state index contributed by atoms with van der Waals surface area (Å²) in [6.45, 7) is 2.01. The molecule has 1 aliphatic rings. The fraction of sp³-hybridized carbons (Fsp3) is 0.417. The highest BCUT2D eigenvalue weighted by Gasteiger charge is 2.33. The second-order valence-corrected chi connectivity index (χ2v) is 4.57. The van der Waals surface area contributed by atoms with E-state index in [1.54, 1.807) is 0 Å². The molecule has 1 amide bonds. The highest BCUT2D eigenvalue weighted by atomic mass is 16.3. The molecule has 0 radical (unpaired) electrons. The SMILES string of the molecule is CC1(NC(=O)c2ccc(O)c(O)c2)CCC1. The summed E-state index contributed by atoms with van der Waals surface area (Å²) in [7, 11) is 0. The molecule has 0 heterocycles. The topological polar surface area (TPSA) is 69.6 Å². The van der Waals surface area contributed by atoms with Crippen molar-refractivity contribution in [2.24, 2.45) is 0 Å². The van der Waals surface area contributed by atoms with Gasteiger partial charge in [0.05, 0.1) is 0 Å². The number of rotatable bonds is 2. The lowest BCUT2D eigenvalue weighted by Gasteiger charge is -2.39. The number of carbonyl (C=O) groups excluding carboxylic acids is 1. The average molecular weight is 221 g/mol. The van der Waals surface area contributed by atoms with E-state index in [0.29, 0.717) is 5.56 Å². The van der Waals surface area contributed by atoms with Gasteiger partial charge in [-0.25, -0.2) is 0 Å². The van der Waals surface area contributed by atoms with E-state index < -0.39 is 0 Å². The molecule has 0 aliphatic heterocycles. The van der Waals surface area contributed by atoms with Crippen molar-refractivity contribution in [1.29, 1.82) is 0 Å². The van der Waals surface area contributed by atoms with Crippen LogP contribution in [0.5, 0.6) is 11.5 Å². The zero-order chi connectivity index (χ0) is 11.8. The molecule has 1 fully saturated rings. The summed E-state index contributed by atoms with van der Waals surface area (Å²) in [4.78, 5) is 11.8. The van der Waals surface area contributed by atoms with E-state index in [-0.39, 0.29) is 22.9 Å². The average Bonchev–Trinajstić information content (AvgIpc) is 2.19. The predicted molar refractivity (Wildman–Crippen MR) is 59.5 cm³/mol. The second-order valence-electron chi connectivity index (χ2n) is 4.57. The Kier molecular flexibility index (Phi) is 2.50. The molecule has 86 valence electrons. The van der Waals surface area contributed by atoms with Crippen molar-refractivity contribution >= 4 is 5.91 Å². The molecule has 0 aromatic heterocycles. The van der Waals surface area contributed by atoms with Gasteiger partial charge in [-0.2, -0.15) is 0 Å². The number of hydrogen-bond donors (Lipinski definition) is 3. The Balaban J connectivity index is 2.11. The lowest BCUT2D eigenvalue weighted by atomic mass is 9.78. The highest BCUT2D eigenvalue weighted by Crippen LogP contribution is 2.31. The molecular weight excluding hydrogens is 206 g/mol. The van der Waals surface area contributed by atoms with Gasteiger partial charge in [0, 0.05) is 11.1 Å². The van der Waals surface area contributed by atoms with Crippen LogP contribution in [-0.4, -0.2) is 21.7 Å². The van der Waals surface area contributed by atoms with Crippen LogP contribution < -0.4 is 5.32 Å². The van der Waals surface area contributed by atoms with Crippen LogP contribution in [-0.2, 0) is 0 Å². The molecule has 0 saturated heterocycles. The van der Waals surface area contributed by atoms with Gasteiger partial charge in [0.1, 0.15) is 0 Å². The molecule has 0 atom stereocenters. The van der Waals surface area contributed by atoms with E-state index >= 15 is 0 Å². The van der Waals surface area contributed by atoms with E-state index in [1.807, 2.05) is 6.92 Å². The predicted octanol–water partition coefficient (Wildman–Crippen LogP) is 1.77. The van der Waals surface area contributed by atoms with Crippen molar-refractivity contribution in [3.05, 3.63) is 23.8 Å². The maximum atomic E-state index is 11.8. The van der Waals surface area contributed by atoms with E-state index in [9.17, 15) is 9.90 Å². The van der Waals surface area contributed by atoms with Crippen LogP contribution in [0.4, 0.5) is 0 Å². The number of amides is 1. The van der Waals surface area contributed by atoms with Crippen LogP contribution in [0, 0.1) is 0 Å². The van der Waals surface area contributed by atoms with Gasteiger partial charge in [-0.3, -0.25) is 4.79 Å². The molecule has 0 bridgehead atoms. The quantitative estimate of drug-likeness (QED) is 0.666. The Labute approximate surface area is 93.9 Å². The molecule has 0 spiro atoms. The smallest absolute Gasteiger partial charge is 0.251 e. The lowest BCUT2D eigenvalue weighted by Crippen LogP contribution is -2.50. The third kappa shape index (κ3) is 1.96. The van der Waals surface area contributed by atoms with Crippen LogP contribution in [0.1, 0.15) is 36.5 Å². The number of aromatic hydroxyl groups is 2. The molecule has 1 saturated carbocycles. The molecule has 1 aromatic carbocycles. The van der Waals surface area contributed by atoms with Crippen LogP contribution in [0.3, 0.4) is 0 Å². The van der Waals surface area contributed by atoms with Crippen LogP contribution in [0.2, 0.25) is 0 Å². The van der Waals surface area contributed by atoms with Crippen molar-refractivity contribution < 1.29 is 15.0 Å². The van der Waals surface area contributed by atoms with Gasteiger partial charge in [-0.1, -0.05) is 0 Å². The van der Waals surface area contributed by atoms with Gasteiger partial charge < -0.3 is 15.5 Å². The molecule has 16 heavy (non-hydrogen) atoms. The molecule has 1 aromatic rings. The van der Waals surface area contributed by atoms with Gasteiger partial charge in [0.2, 0.25) is 0 Å². The number of nitrogens with one attached hydrogen (secondary N) is 1. The largest absolute Gasteiger partial charge is 0.504 e. The molecular formula is C12H15NO3. The molecule has 4 heteroatoms. The summed E-state index contributed by atoms with van der Waals surface area (Å²) in [5, 5.41) is 21.3. The first kappa shape index (κ1) is 10.8. The van der Waals surface area contributed by atoms with E-state index in [2.05, 4.69) is 5.32 Å². The number of phenolic OH excluding ortho intramolecular Hbond substituents is 2. The third-order valence-corrected chi connectivity index (χ3v) is 3.11. The summed E-state index contributed by atoms with van der Waals surface area (Å²) in [6, 6.07) is 4.08. The van der Waals surface area contributed by atoms with Crippen LogP contribution >= 0.6 is 0 Å². The minimum absolute atomic E-state index is 0.107. The molecule has 0 unspecified atom stereocenters. The first-order chi connectivity index (χ1) is 7.50. The Morgan fingerprint density at radius 3 is 2.50 bits per heavy atom. The third-order valence-electron chi connectivity index (χ3n) is 3.11. The van der Waals surface area contributed by atoms with Gasteiger partial charge in [0.15, 0.2) is 11.5 Å². The van der Waals surface area contributed by atoms with Crippen molar-refractivity contribution in [3.8, 4) is 11.5 Å². The molecule has 4 nitrogen and oxygen atoms in total. The van der Waals surface area contributed by atoms with Crippen molar-refractivity contribution in [1.82, 2.24) is 5.32 Å². The van der Waals surface area contributed by atoms with Crippen molar-refractivity contribution in [2.75, 3.05) is 0 Å². The van der Waals surface area contributed by atoms with Crippen molar-refractivity contribution in [2.45, 2.75) is 31.7 Å². The first-order valence-electron chi connectivity index (χ1n) is 5.35. The van der Waals surface area contributed by atoms with Gasteiger partial charge >= 0.3 is 0 Å². The monoisotopic (exact) mass is 221 g/mol. The maximum Gasteiger partial charge on any atom is 0.251 e. The maximum absolute atomic E-state index is 11.8. The minimum Gasteiger partial charge on any atom is -0.504 e. The van der Waals surface area contributed by atoms with Gasteiger partial charge in [0.25, 0.3) is 5.91 Å². The fourth-order valence-corrected chi connectivity index (χ4v) is 1.84. The highest BCUT2D eigenvalue weighted by molar-refractivity contribution is 5.95. The zero-order valence-corrected chi connectivity index (χ0v) is 9.16. The van der Waals surface area contributed by atoms with Crippen LogP contribution in [0.15, 0.2) is 18.2 Å². The summed E-state index contributed by atoms with van der Waals surface area (Å²) in [6.07, 6.45) is 3.11. The zero-order valence-electron chi connectivity index (χ0n) is 9.16. The number of benzene rings is 1. The van der Waals surface area contributed by atoms with Crippen LogP contribution in [0.25, 0.3) is 0 Å². The van der Waals surface area contributed by atoms with Gasteiger partial charge in [-0.15, -0.1) is 0 Å². The van der Waals surface area contributed by atoms with Gasteiger partial charge in [-0.05, 0) is 44.4 Å². The minimum atomic E-state index is -0.272. The van der Waals surface area contributed by atoms with E-state index in [1.165, 1.54) is 18.2 Å². The number of carbonyl (C=O) groups is 1. The molecule has 3 N–H and O–H groups in total. The summed E-state index contributed by atoms with van der Waals surface area (Å²) in [5.74, 6) is -0.699. The lowest BCUT2D eigenvalue weighted by molar-refractivity contribution is 0.0850. The van der Waals surface area contributed by atoms with E-state index in [0.717, 1.165) is 19.3 Å². The Morgan fingerprint density at radius 2 is 2.00 bits per heavy atom. The summed E-state index contributed by atoms with van der Waals surface area (Å²) >= 11 is 0. The summed E-state index contributed by atoms with van der Waals surface area (Å²) < 4.78 is 0. The Hall–Kier alpha value is -1.71. The normalized spacial score (nSPS) is 17.6. The Morgan fingerprint density at radius 1 is 1.31 bits per heavy atom. The molecule has 2 rings (SSSR count). The number of hydrogen-bond acceptors (Lipinski definition) is 3. The van der Waals surface area contributed by atoms with Crippen molar-refractivity contribution in [3.63, 3.8) is 0 Å². The number of phenols is 2. The molecule has 1 aliphatic carbocycles. The second kappa shape index (κ2) is 3.70. The fourth-order valence-electron chi connectivity index (χ4n) is 1.84.